The van der Waals surface area contributed by atoms with Gasteiger partial charge in [0.05, 0.1) is 36.8 Å². The van der Waals surface area contributed by atoms with Gasteiger partial charge in [-0.25, -0.2) is 9.59 Å². The van der Waals surface area contributed by atoms with E-state index >= 15 is 0 Å². The number of hydrogen-bond donors (Lipinski definition) is 5. The highest BCUT2D eigenvalue weighted by atomic mass is 16.5. The van der Waals surface area contributed by atoms with Crippen LogP contribution < -0.4 is 15.4 Å². The molecule has 0 bridgehead atoms. The summed E-state index contributed by atoms with van der Waals surface area (Å²) in [7, 11) is 0. The van der Waals surface area contributed by atoms with Gasteiger partial charge >= 0.3 is 12.0 Å². The molecule has 0 saturated heterocycles. The Balaban J connectivity index is 1.34. The van der Waals surface area contributed by atoms with Gasteiger partial charge < -0.3 is 35.3 Å². The molecule has 0 spiro atoms. The molecular weight excluding hydrogens is 488 g/mol. The van der Waals surface area contributed by atoms with E-state index in [1.165, 1.54) is 6.20 Å². The fraction of sp³-hybridized carbons (Fsp3) is 0.179. The molecule has 5 N–H and O–H groups in total. The van der Waals surface area contributed by atoms with Gasteiger partial charge in [-0.05, 0) is 61.0 Å². The number of urea groups is 1. The van der Waals surface area contributed by atoms with E-state index in [0.717, 1.165) is 5.56 Å². The zero-order chi connectivity index (χ0) is 26.9. The zero-order valence-corrected chi connectivity index (χ0v) is 20.7. The minimum Gasteiger partial charge on any atom is -0.462 e. The largest absolute Gasteiger partial charge is 0.462 e. The monoisotopic (exact) mass is 516 g/mol. The highest BCUT2D eigenvalue weighted by Gasteiger charge is 2.15. The summed E-state index contributed by atoms with van der Waals surface area (Å²) >= 11 is 0. The quantitative estimate of drug-likeness (QED) is 0.194. The van der Waals surface area contributed by atoms with Gasteiger partial charge in [0.15, 0.2) is 0 Å². The first-order valence-electron chi connectivity index (χ1n) is 11.9. The maximum atomic E-state index is 12.3. The summed E-state index contributed by atoms with van der Waals surface area (Å²) in [6.07, 6.45) is 3.09. The topological polar surface area (TPSA) is 146 Å². The molecule has 0 aliphatic carbocycles. The molecule has 0 fully saturated rings. The number of carbonyl (C=O) groups excluding carboxylic acids is 2. The van der Waals surface area contributed by atoms with E-state index < -0.39 is 11.9 Å². The average molecular weight is 517 g/mol. The Bertz CT molecular complexity index is 1380. The molecule has 38 heavy (non-hydrogen) atoms. The van der Waals surface area contributed by atoms with Crippen LogP contribution in [-0.2, 0) is 4.74 Å². The Hall–Kier alpha value is -4.67. The number of aromatic amines is 1. The number of H-pyrrole nitrogens is 1. The summed E-state index contributed by atoms with van der Waals surface area (Å²) in [4.78, 5) is 31.8. The molecule has 2 aromatic carbocycles. The van der Waals surface area contributed by atoms with Crippen LogP contribution in [0, 0.1) is 12.8 Å². The number of aliphatic hydroxyl groups is 2. The van der Waals surface area contributed by atoms with Crippen LogP contribution in [-0.4, -0.2) is 52.0 Å². The smallest absolute Gasteiger partial charge is 0.339 e. The van der Waals surface area contributed by atoms with Crippen LogP contribution in [0.15, 0.2) is 79.1 Å². The number of rotatable bonds is 10. The first kappa shape index (κ1) is 26.4. The second-order valence-corrected chi connectivity index (χ2v) is 8.58. The number of benzene rings is 2. The molecule has 10 heteroatoms. The van der Waals surface area contributed by atoms with E-state index in [2.05, 4.69) is 20.6 Å². The third-order valence-electron chi connectivity index (χ3n) is 5.52. The zero-order valence-electron chi connectivity index (χ0n) is 20.7. The number of pyridine rings is 1. The number of aromatic nitrogens is 2. The van der Waals surface area contributed by atoms with Gasteiger partial charge in [0, 0.05) is 35.8 Å². The van der Waals surface area contributed by atoms with Crippen LogP contribution in [0.4, 0.5) is 16.2 Å². The standard InChI is InChI=1S/C28H28N4O6/c1-18-3-2-4-22(11-18)32-28(36)31-21-5-7-23(8-6-21)38-24-9-10-29-26(13-24)25-12-20(14-30-25)27(35)37-17-19(15-33)16-34/h2-14,19,30,33-34H,15-17H2,1H3,(H2,31,32,36). The van der Waals surface area contributed by atoms with Crippen LogP contribution in [0.1, 0.15) is 15.9 Å². The molecule has 4 aromatic rings. The minimum atomic E-state index is -0.576. The van der Waals surface area contributed by atoms with Crippen molar-refractivity contribution in [3.8, 4) is 22.9 Å². The molecule has 2 amide bonds. The van der Waals surface area contributed by atoms with Crippen molar-refractivity contribution in [2.24, 2.45) is 5.92 Å². The molecule has 0 aliphatic rings. The number of anilines is 2. The van der Waals surface area contributed by atoms with E-state index in [4.69, 9.17) is 19.7 Å². The molecule has 0 aliphatic heterocycles. The SMILES string of the molecule is Cc1cccc(NC(=O)Nc2ccc(Oc3ccnc(-c4cc(C(=O)OCC(CO)CO)c[nH]4)c3)cc2)c1. The third kappa shape index (κ3) is 7.19. The molecule has 0 saturated carbocycles. The number of esters is 1. The van der Waals surface area contributed by atoms with Crippen molar-refractivity contribution in [1.82, 2.24) is 9.97 Å². The number of aryl methyl sites for hydroxylation is 1. The van der Waals surface area contributed by atoms with Crippen molar-refractivity contribution in [3.63, 3.8) is 0 Å². The summed E-state index contributed by atoms with van der Waals surface area (Å²) < 4.78 is 11.1. The Kier molecular flexibility index (Phi) is 8.70. The Morgan fingerprint density at radius 3 is 2.45 bits per heavy atom. The van der Waals surface area contributed by atoms with Crippen LogP contribution in [0.25, 0.3) is 11.4 Å². The van der Waals surface area contributed by atoms with Gasteiger partial charge in [0.25, 0.3) is 0 Å². The van der Waals surface area contributed by atoms with Gasteiger partial charge in [-0.1, -0.05) is 12.1 Å². The summed E-state index contributed by atoms with van der Waals surface area (Å²) in [5.74, 6) is -0.00762. The predicted molar refractivity (Wildman–Crippen MR) is 142 cm³/mol. The van der Waals surface area contributed by atoms with Crippen molar-refractivity contribution in [2.75, 3.05) is 30.5 Å². The van der Waals surface area contributed by atoms with Gasteiger partial charge in [0.1, 0.15) is 11.5 Å². The number of aliphatic hydroxyl groups excluding tert-OH is 2. The lowest BCUT2D eigenvalue weighted by Gasteiger charge is -2.10. The van der Waals surface area contributed by atoms with E-state index in [0.29, 0.717) is 34.3 Å². The second kappa shape index (κ2) is 12.5. The first-order valence-corrected chi connectivity index (χ1v) is 11.9. The molecule has 196 valence electrons. The summed E-state index contributed by atoms with van der Waals surface area (Å²) in [5.41, 5.74) is 3.79. The van der Waals surface area contributed by atoms with Crippen molar-refractivity contribution >= 4 is 23.4 Å². The Morgan fingerprint density at radius 2 is 1.71 bits per heavy atom. The van der Waals surface area contributed by atoms with E-state index in [9.17, 15) is 9.59 Å². The lowest BCUT2D eigenvalue weighted by molar-refractivity contribution is 0.0304. The molecule has 2 heterocycles. The van der Waals surface area contributed by atoms with Gasteiger partial charge in [0.2, 0.25) is 0 Å². The molecule has 0 unspecified atom stereocenters. The number of carbonyl (C=O) groups is 2. The maximum Gasteiger partial charge on any atom is 0.339 e. The third-order valence-corrected chi connectivity index (χ3v) is 5.52. The fourth-order valence-electron chi connectivity index (χ4n) is 3.48. The molecule has 2 aromatic heterocycles. The van der Waals surface area contributed by atoms with Gasteiger partial charge in [-0.15, -0.1) is 0 Å². The highest BCUT2D eigenvalue weighted by molar-refractivity contribution is 5.99. The second-order valence-electron chi connectivity index (χ2n) is 8.58. The number of nitrogens with one attached hydrogen (secondary N) is 3. The van der Waals surface area contributed by atoms with Gasteiger partial charge in [-0.3, -0.25) is 4.98 Å². The number of hydrogen-bond acceptors (Lipinski definition) is 7. The van der Waals surface area contributed by atoms with Gasteiger partial charge in [-0.2, -0.15) is 0 Å². The van der Waals surface area contributed by atoms with Crippen LogP contribution in [0.5, 0.6) is 11.5 Å². The maximum absolute atomic E-state index is 12.3. The van der Waals surface area contributed by atoms with Crippen molar-refractivity contribution in [3.05, 3.63) is 90.3 Å². The molecule has 0 radical (unpaired) electrons. The van der Waals surface area contributed by atoms with Crippen molar-refractivity contribution < 1.29 is 29.3 Å². The number of ether oxygens (including phenoxy) is 2. The summed E-state index contributed by atoms with van der Waals surface area (Å²) in [5, 5.41) is 23.8. The van der Waals surface area contributed by atoms with E-state index in [1.807, 2.05) is 31.2 Å². The molecule has 0 atom stereocenters. The Labute approximate surface area is 219 Å². The summed E-state index contributed by atoms with van der Waals surface area (Å²) in [6.45, 7) is 1.32. The number of nitrogens with zero attached hydrogens (tertiary/aromatic N) is 1. The molecular formula is C28H28N4O6. The van der Waals surface area contributed by atoms with Crippen LogP contribution in [0.2, 0.25) is 0 Å². The minimum absolute atomic E-state index is 0.0837. The molecule has 10 nitrogen and oxygen atoms in total. The fourth-order valence-corrected chi connectivity index (χ4v) is 3.48. The van der Waals surface area contributed by atoms with Crippen LogP contribution >= 0.6 is 0 Å². The number of amides is 2. The van der Waals surface area contributed by atoms with Crippen LogP contribution in [0.3, 0.4) is 0 Å². The Morgan fingerprint density at radius 1 is 0.947 bits per heavy atom. The average Bonchev–Trinajstić information content (AvgIpc) is 3.41. The van der Waals surface area contributed by atoms with Crippen molar-refractivity contribution in [2.45, 2.75) is 6.92 Å². The predicted octanol–water partition coefficient (Wildman–Crippen LogP) is 4.58. The van der Waals surface area contributed by atoms with Crippen molar-refractivity contribution in [1.29, 1.82) is 0 Å². The lowest BCUT2D eigenvalue weighted by atomic mass is 10.2. The summed E-state index contributed by atoms with van der Waals surface area (Å²) in [6, 6.07) is 19.1. The normalized spacial score (nSPS) is 10.7. The van der Waals surface area contributed by atoms with E-state index in [-0.39, 0.29) is 31.4 Å². The molecule has 4 rings (SSSR count). The first-order chi connectivity index (χ1) is 18.4. The van der Waals surface area contributed by atoms with E-state index in [1.54, 1.807) is 48.7 Å². The highest BCUT2D eigenvalue weighted by Crippen LogP contribution is 2.27. The lowest BCUT2D eigenvalue weighted by Crippen LogP contribution is -2.20.